The van der Waals surface area contributed by atoms with Gasteiger partial charge in [-0.15, -0.1) is 0 Å². The molecule has 0 aliphatic heterocycles. The Balaban J connectivity index is 1.68. The highest BCUT2D eigenvalue weighted by atomic mass is 19.1. The summed E-state index contributed by atoms with van der Waals surface area (Å²) in [7, 11) is 2.90. The maximum Gasteiger partial charge on any atom is 0.356 e. The zero-order valence-electron chi connectivity index (χ0n) is 19.0. The molecule has 4 aromatic rings. The zero-order valence-corrected chi connectivity index (χ0v) is 19.0. The Morgan fingerprint density at radius 1 is 1.06 bits per heavy atom. The number of carbonyl (C=O) groups excluding carboxylic acids is 1. The second-order valence-electron chi connectivity index (χ2n) is 7.60. The summed E-state index contributed by atoms with van der Waals surface area (Å²) in [6.07, 6.45) is -0.209. The normalized spacial score (nSPS) is 11.9. The Morgan fingerprint density at radius 2 is 1.85 bits per heavy atom. The third kappa shape index (κ3) is 5.32. The van der Waals surface area contributed by atoms with E-state index in [0.717, 1.165) is 0 Å². The summed E-state index contributed by atoms with van der Waals surface area (Å²) >= 11 is 0. The number of ether oxygens (including phenoxy) is 4. The lowest BCUT2D eigenvalue weighted by atomic mass is 10.2. The van der Waals surface area contributed by atoms with Crippen molar-refractivity contribution in [2.75, 3.05) is 20.8 Å². The number of hydrogen-bond donors (Lipinski definition) is 1. The predicted octanol–water partition coefficient (Wildman–Crippen LogP) is 4.54. The van der Waals surface area contributed by atoms with E-state index in [-0.39, 0.29) is 24.2 Å². The molecule has 176 valence electrons. The number of nitrogens with one attached hydrogen (secondary N) is 1. The molecule has 0 spiro atoms. The number of rotatable bonds is 9. The number of nitrogens with zero attached hydrogens (tertiary/aromatic N) is 2. The molecule has 34 heavy (non-hydrogen) atoms. The van der Waals surface area contributed by atoms with Crippen molar-refractivity contribution in [1.82, 2.24) is 15.0 Å². The topological polar surface area (TPSA) is 95.6 Å². The fourth-order valence-corrected chi connectivity index (χ4v) is 3.39. The summed E-state index contributed by atoms with van der Waals surface area (Å²) in [5.41, 5.74) is 2.29. The lowest BCUT2D eigenvalue weighted by molar-refractivity contribution is 0.0594. The van der Waals surface area contributed by atoms with Gasteiger partial charge in [-0.1, -0.05) is 18.2 Å². The standard InChI is InChI=1S/C25H24FN3O5/c1-15(13-31-2)34-19-11-17(10-18(12-19)33-14-16-6-4-5-7-20(16)26)23-27-21-8-9-22(25(30)32-3)28-24(21)29-23/h4-12,15H,13-14H2,1-3H3,(H,27,28,29)/t15-/m0/s1. The van der Waals surface area contributed by atoms with Crippen LogP contribution >= 0.6 is 0 Å². The van der Waals surface area contributed by atoms with Crippen LogP contribution in [0.4, 0.5) is 4.39 Å². The minimum absolute atomic E-state index is 0.0490. The van der Waals surface area contributed by atoms with Crippen LogP contribution in [0.25, 0.3) is 22.6 Å². The van der Waals surface area contributed by atoms with Gasteiger partial charge in [-0.25, -0.2) is 19.2 Å². The first kappa shape index (κ1) is 23.2. The number of halogens is 1. The van der Waals surface area contributed by atoms with Gasteiger partial charge in [0, 0.05) is 24.3 Å². The first-order chi connectivity index (χ1) is 16.5. The van der Waals surface area contributed by atoms with Gasteiger partial charge in [0.1, 0.15) is 41.4 Å². The average Bonchev–Trinajstić information content (AvgIpc) is 3.26. The molecular formula is C25H24FN3O5. The van der Waals surface area contributed by atoms with Gasteiger partial charge in [-0.05, 0) is 37.3 Å². The smallest absolute Gasteiger partial charge is 0.356 e. The van der Waals surface area contributed by atoms with Crippen LogP contribution in [-0.2, 0) is 16.1 Å². The minimum atomic E-state index is -0.538. The molecule has 0 aliphatic rings. The third-order valence-corrected chi connectivity index (χ3v) is 4.98. The third-order valence-electron chi connectivity index (χ3n) is 4.98. The van der Waals surface area contributed by atoms with E-state index in [0.29, 0.717) is 46.2 Å². The maximum absolute atomic E-state index is 14.0. The number of pyridine rings is 1. The van der Waals surface area contributed by atoms with Crippen molar-refractivity contribution >= 4 is 17.1 Å². The molecule has 0 radical (unpaired) electrons. The molecule has 0 unspecified atom stereocenters. The van der Waals surface area contributed by atoms with Crippen LogP contribution in [0.5, 0.6) is 11.5 Å². The van der Waals surface area contributed by atoms with Gasteiger partial charge in [0.2, 0.25) is 0 Å². The van der Waals surface area contributed by atoms with E-state index in [1.807, 2.05) is 6.92 Å². The van der Waals surface area contributed by atoms with E-state index in [9.17, 15) is 9.18 Å². The predicted molar refractivity (Wildman–Crippen MR) is 123 cm³/mol. The van der Waals surface area contributed by atoms with Crippen LogP contribution < -0.4 is 9.47 Å². The number of aromatic amines is 1. The molecule has 2 aromatic heterocycles. The molecular weight excluding hydrogens is 441 g/mol. The van der Waals surface area contributed by atoms with Crippen molar-refractivity contribution in [1.29, 1.82) is 0 Å². The Morgan fingerprint density at radius 3 is 2.62 bits per heavy atom. The summed E-state index contributed by atoms with van der Waals surface area (Å²) in [6.45, 7) is 2.34. The number of H-pyrrole nitrogens is 1. The van der Waals surface area contributed by atoms with Crippen LogP contribution in [0.15, 0.2) is 54.6 Å². The molecule has 2 aromatic carbocycles. The van der Waals surface area contributed by atoms with Gasteiger partial charge in [0.05, 0.1) is 13.7 Å². The second kappa shape index (κ2) is 10.3. The van der Waals surface area contributed by atoms with Crippen LogP contribution in [0.3, 0.4) is 0 Å². The summed E-state index contributed by atoms with van der Waals surface area (Å²) in [5.74, 6) is 0.640. The second-order valence-corrected chi connectivity index (χ2v) is 7.60. The van der Waals surface area contributed by atoms with Crippen molar-refractivity contribution < 1.29 is 28.1 Å². The van der Waals surface area contributed by atoms with Gasteiger partial charge >= 0.3 is 5.97 Å². The molecule has 0 aliphatic carbocycles. The van der Waals surface area contributed by atoms with Gasteiger partial charge in [0.15, 0.2) is 11.3 Å². The molecule has 0 fully saturated rings. The number of fused-ring (bicyclic) bond motifs is 1. The van der Waals surface area contributed by atoms with E-state index in [4.69, 9.17) is 18.9 Å². The lowest BCUT2D eigenvalue weighted by Crippen LogP contribution is -2.18. The zero-order chi connectivity index (χ0) is 24.1. The van der Waals surface area contributed by atoms with E-state index >= 15 is 0 Å². The first-order valence-electron chi connectivity index (χ1n) is 10.6. The van der Waals surface area contributed by atoms with Crippen molar-refractivity contribution in [3.8, 4) is 22.9 Å². The SMILES string of the molecule is COC[C@H](C)Oc1cc(OCc2ccccc2F)cc(-c2nc3ccc(C(=O)OC)nc3[nH]2)c1. The summed E-state index contributed by atoms with van der Waals surface area (Å²) < 4.78 is 35.8. The van der Waals surface area contributed by atoms with Crippen molar-refractivity contribution in [2.24, 2.45) is 0 Å². The number of methoxy groups -OCH3 is 2. The Kier molecular flexibility index (Phi) is 7.03. The van der Waals surface area contributed by atoms with E-state index in [1.165, 1.54) is 13.2 Å². The van der Waals surface area contributed by atoms with Crippen LogP contribution in [0.2, 0.25) is 0 Å². The average molecular weight is 465 g/mol. The lowest BCUT2D eigenvalue weighted by Gasteiger charge is -2.16. The van der Waals surface area contributed by atoms with E-state index in [1.54, 1.807) is 55.6 Å². The Hall–Kier alpha value is -3.98. The minimum Gasteiger partial charge on any atom is -0.489 e. The summed E-state index contributed by atoms with van der Waals surface area (Å²) in [6, 6.07) is 15.0. The molecule has 0 amide bonds. The van der Waals surface area contributed by atoms with Gasteiger partial charge in [-0.2, -0.15) is 0 Å². The van der Waals surface area contributed by atoms with Crippen molar-refractivity contribution in [3.63, 3.8) is 0 Å². The highest BCUT2D eigenvalue weighted by Crippen LogP contribution is 2.31. The Bertz CT molecular complexity index is 1310. The molecule has 1 N–H and O–H groups in total. The molecule has 0 saturated carbocycles. The molecule has 0 bridgehead atoms. The van der Waals surface area contributed by atoms with Gasteiger partial charge in [0.25, 0.3) is 0 Å². The molecule has 2 heterocycles. The van der Waals surface area contributed by atoms with E-state index < -0.39 is 5.97 Å². The van der Waals surface area contributed by atoms with Crippen molar-refractivity contribution in [2.45, 2.75) is 19.6 Å². The van der Waals surface area contributed by atoms with Gasteiger partial charge in [-0.3, -0.25) is 0 Å². The number of carbonyl (C=O) groups is 1. The highest BCUT2D eigenvalue weighted by molar-refractivity contribution is 5.90. The molecule has 4 rings (SSSR count). The number of benzene rings is 2. The molecule has 0 saturated heterocycles. The number of esters is 1. The largest absolute Gasteiger partial charge is 0.489 e. The number of aromatic nitrogens is 3. The first-order valence-corrected chi connectivity index (χ1v) is 10.6. The number of imidazole rings is 1. The van der Waals surface area contributed by atoms with Crippen LogP contribution in [-0.4, -0.2) is 47.9 Å². The van der Waals surface area contributed by atoms with Crippen LogP contribution in [0, 0.1) is 5.82 Å². The molecule has 9 heteroatoms. The summed E-state index contributed by atoms with van der Waals surface area (Å²) in [5, 5.41) is 0. The maximum atomic E-state index is 14.0. The molecule has 8 nitrogen and oxygen atoms in total. The van der Waals surface area contributed by atoms with Gasteiger partial charge < -0.3 is 23.9 Å². The monoisotopic (exact) mass is 465 g/mol. The summed E-state index contributed by atoms with van der Waals surface area (Å²) in [4.78, 5) is 23.8. The fraction of sp³-hybridized carbons (Fsp3) is 0.240. The van der Waals surface area contributed by atoms with E-state index in [2.05, 4.69) is 15.0 Å². The highest BCUT2D eigenvalue weighted by Gasteiger charge is 2.15. The Labute approximate surface area is 195 Å². The van der Waals surface area contributed by atoms with Crippen LogP contribution in [0.1, 0.15) is 23.0 Å². The fourth-order valence-electron chi connectivity index (χ4n) is 3.39. The van der Waals surface area contributed by atoms with Crippen molar-refractivity contribution in [3.05, 3.63) is 71.7 Å². The number of hydrogen-bond acceptors (Lipinski definition) is 7. The molecule has 1 atom stereocenters. The quantitative estimate of drug-likeness (QED) is 0.363.